The highest BCUT2D eigenvalue weighted by Crippen LogP contribution is 2.21. The molecular formula is C11H14N6S. The first-order chi connectivity index (χ1) is 8.83. The van der Waals surface area contributed by atoms with E-state index in [-0.39, 0.29) is 0 Å². The third-order valence-corrected chi connectivity index (χ3v) is 3.84. The van der Waals surface area contributed by atoms with Gasteiger partial charge in [-0.2, -0.15) is 0 Å². The van der Waals surface area contributed by atoms with E-state index in [1.807, 2.05) is 13.1 Å². The zero-order chi connectivity index (χ0) is 12.4. The van der Waals surface area contributed by atoms with E-state index in [0.29, 0.717) is 0 Å². The van der Waals surface area contributed by atoms with Crippen LogP contribution in [0.2, 0.25) is 0 Å². The second-order valence-electron chi connectivity index (χ2n) is 4.14. The lowest BCUT2D eigenvalue weighted by Crippen LogP contribution is -2.46. The summed E-state index contributed by atoms with van der Waals surface area (Å²) < 4.78 is 0. The third kappa shape index (κ3) is 2.26. The molecule has 1 saturated heterocycles. The van der Waals surface area contributed by atoms with Crippen molar-refractivity contribution in [3.63, 3.8) is 0 Å². The Balaban J connectivity index is 1.65. The zero-order valence-corrected chi connectivity index (χ0v) is 11.0. The van der Waals surface area contributed by atoms with E-state index < -0.39 is 0 Å². The van der Waals surface area contributed by atoms with Gasteiger partial charge < -0.3 is 9.80 Å². The lowest BCUT2D eigenvalue weighted by atomic mass is 10.3. The monoisotopic (exact) mass is 262 g/mol. The lowest BCUT2D eigenvalue weighted by Gasteiger charge is -2.34. The minimum absolute atomic E-state index is 0.942. The molecule has 0 spiro atoms. The Morgan fingerprint density at radius 1 is 1.06 bits per heavy atom. The van der Waals surface area contributed by atoms with Crippen molar-refractivity contribution in [2.45, 2.75) is 6.92 Å². The van der Waals surface area contributed by atoms with E-state index in [9.17, 15) is 0 Å². The molecule has 0 aliphatic carbocycles. The number of piperazine rings is 1. The van der Waals surface area contributed by atoms with Gasteiger partial charge in [-0.15, -0.1) is 10.2 Å². The number of hydrogen-bond acceptors (Lipinski definition) is 7. The molecular weight excluding hydrogens is 248 g/mol. The van der Waals surface area contributed by atoms with Crippen molar-refractivity contribution in [3.8, 4) is 0 Å². The summed E-state index contributed by atoms with van der Waals surface area (Å²) in [5.74, 6) is 0.950. The maximum Gasteiger partial charge on any atom is 0.208 e. The molecule has 0 saturated carbocycles. The molecule has 2 aromatic rings. The summed E-state index contributed by atoms with van der Waals surface area (Å²) in [5.41, 5.74) is 0. The Kier molecular flexibility index (Phi) is 3.06. The minimum atomic E-state index is 0.942. The van der Waals surface area contributed by atoms with Gasteiger partial charge in [0.1, 0.15) is 10.8 Å². The zero-order valence-electron chi connectivity index (χ0n) is 10.2. The summed E-state index contributed by atoms with van der Waals surface area (Å²) in [6.07, 6.45) is 5.24. The van der Waals surface area contributed by atoms with Crippen LogP contribution in [0, 0.1) is 6.92 Å². The van der Waals surface area contributed by atoms with Crippen molar-refractivity contribution in [1.82, 2.24) is 20.2 Å². The molecule has 0 N–H and O–H groups in total. The van der Waals surface area contributed by atoms with Crippen molar-refractivity contribution >= 4 is 22.3 Å². The molecule has 0 amide bonds. The highest BCUT2D eigenvalue weighted by Gasteiger charge is 2.20. The standard InChI is InChI=1S/C11H14N6S/c1-9-14-15-11(18-9)17-6-4-16(5-7-17)10-8-12-2-3-13-10/h2-3,8H,4-7H2,1H3. The van der Waals surface area contributed by atoms with E-state index >= 15 is 0 Å². The summed E-state index contributed by atoms with van der Waals surface area (Å²) in [7, 11) is 0. The van der Waals surface area contributed by atoms with E-state index in [2.05, 4.69) is 30.0 Å². The van der Waals surface area contributed by atoms with Gasteiger partial charge in [-0.25, -0.2) is 4.98 Å². The van der Waals surface area contributed by atoms with Gasteiger partial charge in [-0.3, -0.25) is 4.98 Å². The second kappa shape index (κ2) is 4.85. The summed E-state index contributed by atoms with van der Waals surface area (Å²) in [6, 6.07) is 0. The van der Waals surface area contributed by atoms with Crippen LogP contribution < -0.4 is 9.80 Å². The number of hydrogen-bond donors (Lipinski definition) is 0. The van der Waals surface area contributed by atoms with Crippen LogP contribution in [0.1, 0.15) is 5.01 Å². The van der Waals surface area contributed by atoms with E-state index in [4.69, 9.17) is 0 Å². The molecule has 0 bridgehead atoms. The topological polar surface area (TPSA) is 58.0 Å². The quantitative estimate of drug-likeness (QED) is 0.803. The molecule has 0 aromatic carbocycles. The second-order valence-corrected chi connectivity index (χ2v) is 5.30. The molecule has 0 unspecified atom stereocenters. The number of anilines is 2. The smallest absolute Gasteiger partial charge is 0.208 e. The average Bonchev–Trinajstić information content (AvgIpc) is 2.87. The van der Waals surface area contributed by atoms with Crippen LogP contribution in [0.15, 0.2) is 18.6 Å². The number of rotatable bonds is 2. The van der Waals surface area contributed by atoms with Crippen molar-refractivity contribution in [3.05, 3.63) is 23.6 Å². The van der Waals surface area contributed by atoms with Gasteiger partial charge in [0.25, 0.3) is 0 Å². The molecule has 3 rings (SSSR count). The summed E-state index contributed by atoms with van der Waals surface area (Å²) in [5, 5.41) is 10.3. The first-order valence-electron chi connectivity index (χ1n) is 5.89. The average molecular weight is 262 g/mol. The predicted octanol–water partition coefficient (Wildman–Crippen LogP) is 0.963. The van der Waals surface area contributed by atoms with Gasteiger partial charge in [0.05, 0.1) is 6.20 Å². The molecule has 3 heterocycles. The molecule has 7 heteroatoms. The van der Waals surface area contributed by atoms with E-state index in [0.717, 1.165) is 42.1 Å². The predicted molar refractivity (Wildman–Crippen MR) is 71.1 cm³/mol. The van der Waals surface area contributed by atoms with Crippen LogP contribution in [0.3, 0.4) is 0 Å². The molecule has 1 aliphatic heterocycles. The highest BCUT2D eigenvalue weighted by molar-refractivity contribution is 7.15. The first kappa shape index (κ1) is 11.3. The van der Waals surface area contributed by atoms with Crippen molar-refractivity contribution in [2.75, 3.05) is 36.0 Å². The van der Waals surface area contributed by atoms with E-state index in [1.165, 1.54) is 0 Å². The molecule has 94 valence electrons. The fourth-order valence-corrected chi connectivity index (χ4v) is 2.73. The lowest BCUT2D eigenvalue weighted by molar-refractivity contribution is 0.642. The van der Waals surface area contributed by atoms with Crippen LogP contribution in [0.4, 0.5) is 10.9 Å². The van der Waals surface area contributed by atoms with E-state index in [1.54, 1.807) is 23.7 Å². The molecule has 0 atom stereocenters. The fourth-order valence-electron chi connectivity index (χ4n) is 2.00. The molecule has 1 fully saturated rings. The molecule has 18 heavy (non-hydrogen) atoms. The van der Waals surface area contributed by atoms with Gasteiger partial charge in [0, 0.05) is 38.6 Å². The van der Waals surface area contributed by atoms with Crippen LogP contribution >= 0.6 is 11.3 Å². The van der Waals surface area contributed by atoms with Crippen LogP contribution in [-0.2, 0) is 0 Å². The third-order valence-electron chi connectivity index (χ3n) is 2.94. The van der Waals surface area contributed by atoms with Crippen LogP contribution in [0.5, 0.6) is 0 Å². The Bertz CT molecular complexity index is 505. The number of aromatic nitrogens is 4. The van der Waals surface area contributed by atoms with Gasteiger partial charge in [0.2, 0.25) is 5.13 Å². The summed E-state index contributed by atoms with van der Waals surface area (Å²) >= 11 is 1.65. The Labute approximate surface area is 109 Å². The van der Waals surface area contributed by atoms with Gasteiger partial charge in [-0.05, 0) is 6.92 Å². The van der Waals surface area contributed by atoms with Gasteiger partial charge >= 0.3 is 0 Å². The largest absolute Gasteiger partial charge is 0.352 e. The minimum Gasteiger partial charge on any atom is -0.352 e. The molecule has 0 radical (unpaired) electrons. The SMILES string of the molecule is Cc1nnc(N2CCN(c3cnccn3)CC2)s1. The van der Waals surface area contributed by atoms with Crippen LogP contribution in [-0.4, -0.2) is 46.3 Å². The molecule has 6 nitrogen and oxygen atoms in total. The van der Waals surface area contributed by atoms with Crippen molar-refractivity contribution in [1.29, 1.82) is 0 Å². The number of nitrogens with zero attached hydrogens (tertiary/aromatic N) is 6. The summed E-state index contributed by atoms with van der Waals surface area (Å²) in [6.45, 7) is 5.77. The summed E-state index contributed by atoms with van der Waals surface area (Å²) in [4.78, 5) is 12.9. The fraction of sp³-hybridized carbons (Fsp3) is 0.455. The van der Waals surface area contributed by atoms with Crippen LogP contribution in [0.25, 0.3) is 0 Å². The molecule has 2 aromatic heterocycles. The number of aryl methyl sites for hydroxylation is 1. The van der Waals surface area contributed by atoms with Gasteiger partial charge in [0.15, 0.2) is 0 Å². The normalized spacial score (nSPS) is 16.1. The molecule has 1 aliphatic rings. The van der Waals surface area contributed by atoms with Gasteiger partial charge in [-0.1, -0.05) is 11.3 Å². The highest BCUT2D eigenvalue weighted by atomic mass is 32.1. The maximum absolute atomic E-state index is 4.32. The van der Waals surface area contributed by atoms with Crippen molar-refractivity contribution in [2.24, 2.45) is 0 Å². The Morgan fingerprint density at radius 2 is 1.83 bits per heavy atom. The Morgan fingerprint density at radius 3 is 2.44 bits per heavy atom. The van der Waals surface area contributed by atoms with Crippen molar-refractivity contribution < 1.29 is 0 Å². The Hall–Kier alpha value is -1.76. The first-order valence-corrected chi connectivity index (χ1v) is 6.70. The maximum atomic E-state index is 4.32.